The summed E-state index contributed by atoms with van der Waals surface area (Å²) in [5.41, 5.74) is 4.11. The van der Waals surface area contributed by atoms with Crippen LogP contribution >= 0.6 is 0 Å². The van der Waals surface area contributed by atoms with Crippen LogP contribution in [0, 0.1) is 20.8 Å². The molecule has 0 radical (unpaired) electrons. The Morgan fingerprint density at radius 1 is 1.15 bits per heavy atom. The highest BCUT2D eigenvalue weighted by molar-refractivity contribution is 5.89. The Morgan fingerprint density at radius 3 is 2.48 bits per heavy atom. The summed E-state index contributed by atoms with van der Waals surface area (Å²) in [6.45, 7) is 11.5. The number of ether oxygens (including phenoxy) is 2. The number of amides is 1. The van der Waals surface area contributed by atoms with Gasteiger partial charge in [-0.3, -0.25) is 14.7 Å². The third-order valence-corrected chi connectivity index (χ3v) is 5.07. The van der Waals surface area contributed by atoms with Gasteiger partial charge in [-0.2, -0.15) is 0 Å². The summed E-state index contributed by atoms with van der Waals surface area (Å²) in [5.74, 6) is 1.52. The van der Waals surface area contributed by atoms with Crippen molar-refractivity contribution in [2.24, 2.45) is 0 Å². The second-order valence-corrected chi connectivity index (χ2v) is 8.99. The van der Waals surface area contributed by atoms with E-state index in [-0.39, 0.29) is 12.3 Å². The number of aldehydes is 1. The fraction of sp³-hybridized carbons (Fsp3) is 0.346. The maximum Gasteiger partial charge on any atom is 0.415 e. The van der Waals surface area contributed by atoms with Gasteiger partial charge in [0.1, 0.15) is 17.1 Å². The van der Waals surface area contributed by atoms with Gasteiger partial charge in [0.25, 0.3) is 0 Å². The Bertz CT molecular complexity index is 1170. The van der Waals surface area contributed by atoms with E-state index in [1.165, 1.54) is 0 Å². The summed E-state index contributed by atoms with van der Waals surface area (Å²) >= 11 is 0. The molecule has 0 atom stereocenters. The molecule has 7 heteroatoms. The topological polar surface area (TPSA) is 81.9 Å². The molecule has 0 aliphatic heterocycles. The molecule has 1 amide bonds. The number of hydrogen-bond acceptors (Lipinski definition) is 6. The van der Waals surface area contributed by atoms with Gasteiger partial charge in [-0.05, 0) is 77.4 Å². The fourth-order valence-electron chi connectivity index (χ4n) is 3.59. The lowest BCUT2D eigenvalue weighted by molar-refractivity contribution is 0.0577. The first kappa shape index (κ1) is 24.0. The number of rotatable bonds is 6. The lowest BCUT2D eigenvalue weighted by atomic mass is 10.1. The molecule has 0 spiro atoms. The monoisotopic (exact) mass is 450 g/mol. The second-order valence-electron chi connectivity index (χ2n) is 8.99. The van der Waals surface area contributed by atoms with Crippen molar-refractivity contribution in [1.29, 1.82) is 0 Å². The first-order chi connectivity index (χ1) is 15.5. The molecule has 3 rings (SSSR count). The number of nitrogens with zero attached hydrogens (tertiary/aromatic N) is 2. The number of methoxy groups -OCH3 is 1. The number of aromatic nitrogens is 1. The lowest BCUT2D eigenvalue weighted by Crippen LogP contribution is -2.37. The van der Waals surface area contributed by atoms with E-state index in [0.29, 0.717) is 23.4 Å². The van der Waals surface area contributed by atoms with Crippen LogP contribution in [-0.2, 0) is 11.3 Å². The van der Waals surface area contributed by atoms with Crippen LogP contribution in [0.15, 0.2) is 40.9 Å². The van der Waals surface area contributed by atoms with Gasteiger partial charge >= 0.3 is 6.09 Å². The zero-order valence-corrected chi connectivity index (χ0v) is 20.2. The van der Waals surface area contributed by atoms with E-state index >= 15 is 0 Å². The number of furan rings is 1. The van der Waals surface area contributed by atoms with Gasteiger partial charge in [0.05, 0.1) is 19.3 Å². The van der Waals surface area contributed by atoms with E-state index in [2.05, 4.69) is 4.98 Å². The van der Waals surface area contributed by atoms with Gasteiger partial charge in [0.15, 0.2) is 12.0 Å². The molecular weight excluding hydrogens is 420 g/mol. The van der Waals surface area contributed by atoms with Gasteiger partial charge in [-0.15, -0.1) is 0 Å². The molecule has 0 bridgehead atoms. The normalized spacial score (nSPS) is 11.2. The minimum absolute atomic E-state index is 0.192. The first-order valence-corrected chi connectivity index (χ1v) is 10.7. The number of carbonyl (C=O) groups excluding carboxylic acids is 2. The van der Waals surface area contributed by atoms with Crippen LogP contribution in [0.5, 0.6) is 5.75 Å². The van der Waals surface area contributed by atoms with Gasteiger partial charge in [0, 0.05) is 28.6 Å². The molecule has 174 valence electrons. The van der Waals surface area contributed by atoms with Crippen molar-refractivity contribution in [3.05, 3.63) is 64.7 Å². The number of benzene rings is 1. The van der Waals surface area contributed by atoms with Crippen LogP contribution in [0.1, 0.15) is 53.7 Å². The Balaban J connectivity index is 2.08. The fourth-order valence-corrected chi connectivity index (χ4v) is 3.59. The second kappa shape index (κ2) is 9.48. The predicted molar refractivity (Wildman–Crippen MR) is 127 cm³/mol. The van der Waals surface area contributed by atoms with Gasteiger partial charge in [-0.25, -0.2) is 4.79 Å². The number of carbonyl (C=O) groups is 2. The largest absolute Gasteiger partial charge is 0.496 e. The summed E-state index contributed by atoms with van der Waals surface area (Å²) in [7, 11) is 1.62. The third-order valence-electron chi connectivity index (χ3n) is 5.07. The van der Waals surface area contributed by atoms with E-state index in [9.17, 15) is 9.59 Å². The number of pyridine rings is 1. The molecule has 0 fully saturated rings. The predicted octanol–water partition coefficient (Wildman–Crippen LogP) is 6.03. The standard InChI is InChI=1S/C26H30N2O5/c1-16-10-19(23-9-8-21(15-29)32-23)12-20(11-16)28(25(30)33-26(4,5)6)14-22-18(3)24(31-7)17(2)13-27-22/h8-13,15H,14H2,1-7H3. The van der Waals surface area contributed by atoms with Crippen LogP contribution in [-0.4, -0.2) is 30.1 Å². The van der Waals surface area contributed by atoms with Gasteiger partial charge < -0.3 is 13.9 Å². The highest BCUT2D eigenvalue weighted by atomic mass is 16.6. The minimum atomic E-state index is -0.671. The van der Waals surface area contributed by atoms with Crippen molar-refractivity contribution in [3.63, 3.8) is 0 Å². The van der Waals surface area contributed by atoms with Crippen LogP contribution in [0.4, 0.5) is 10.5 Å². The molecule has 1 aromatic carbocycles. The Labute approximate surface area is 194 Å². The Morgan fingerprint density at radius 2 is 1.88 bits per heavy atom. The molecule has 0 unspecified atom stereocenters. The SMILES string of the molecule is COc1c(C)cnc(CN(C(=O)OC(C)(C)C)c2cc(C)cc(-c3ccc(C=O)o3)c2)c1C. The van der Waals surface area contributed by atoms with Crippen molar-refractivity contribution in [3.8, 4) is 17.1 Å². The highest BCUT2D eigenvalue weighted by Crippen LogP contribution is 2.31. The van der Waals surface area contributed by atoms with Crippen molar-refractivity contribution in [2.75, 3.05) is 12.0 Å². The van der Waals surface area contributed by atoms with Crippen LogP contribution in [0.2, 0.25) is 0 Å². The van der Waals surface area contributed by atoms with E-state index in [1.54, 1.807) is 30.3 Å². The smallest absolute Gasteiger partial charge is 0.415 e. The number of anilines is 1. The quantitative estimate of drug-likeness (QED) is 0.427. The van der Waals surface area contributed by atoms with Gasteiger partial charge in [-0.1, -0.05) is 0 Å². The summed E-state index contributed by atoms with van der Waals surface area (Å²) < 4.78 is 16.8. The Hall–Kier alpha value is -3.61. The summed E-state index contributed by atoms with van der Waals surface area (Å²) in [6.07, 6.45) is 1.90. The molecule has 3 aromatic rings. The number of aryl methyl sites for hydroxylation is 2. The third kappa shape index (κ3) is 5.61. The highest BCUT2D eigenvalue weighted by Gasteiger charge is 2.26. The average Bonchev–Trinajstić information content (AvgIpc) is 3.21. The number of hydrogen-bond donors (Lipinski definition) is 0. The average molecular weight is 451 g/mol. The van der Waals surface area contributed by atoms with Crippen molar-refractivity contribution >= 4 is 18.1 Å². The van der Waals surface area contributed by atoms with Crippen LogP contribution < -0.4 is 9.64 Å². The van der Waals surface area contributed by atoms with E-state index in [0.717, 1.165) is 28.0 Å². The van der Waals surface area contributed by atoms with E-state index in [4.69, 9.17) is 13.9 Å². The van der Waals surface area contributed by atoms with E-state index in [1.807, 2.05) is 59.7 Å². The molecule has 2 aromatic heterocycles. The molecular formula is C26H30N2O5. The maximum atomic E-state index is 13.3. The zero-order valence-electron chi connectivity index (χ0n) is 20.2. The van der Waals surface area contributed by atoms with E-state index < -0.39 is 11.7 Å². The molecule has 0 aliphatic rings. The molecule has 7 nitrogen and oxygen atoms in total. The Kier molecular flexibility index (Phi) is 6.91. The van der Waals surface area contributed by atoms with Crippen molar-refractivity contribution in [1.82, 2.24) is 4.98 Å². The molecule has 0 aliphatic carbocycles. The molecule has 33 heavy (non-hydrogen) atoms. The van der Waals surface area contributed by atoms with Crippen molar-refractivity contribution in [2.45, 2.75) is 53.7 Å². The van der Waals surface area contributed by atoms with Crippen molar-refractivity contribution < 1.29 is 23.5 Å². The molecule has 0 N–H and O–H groups in total. The van der Waals surface area contributed by atoms with Gasteiger partial charge in [0.2, 0.25) is 0 Å². The minimum Gasteiger partial charge on any atom is -0.496 e. The molecule has 0 saturated heterocycles. The zero-order chi connectivity index (χ0) is 24.3. The summed E-state index contributed by atoms with van der Waals surface area (Å²) in [4.78, 5) is 30.4. The summed E-state index contributed by atoms with van der Waals surface area (Å²) in [6, 6.07) is 9.02. The van der Waals surface area contributed by atoms with Crippen LogP contribution in [0.3, 0.4) is 0 Å². The van der Waals surface area contributed by atoms with Crippen LogP contribution in [0.25, 0.3) is 11.3 Å². The molecule has 0 saturated carbocycles. The maximum absolute atomic E-state index is 13.3. The lowest BCUT2D eigenvalue weighted by Gasteiger charge is -2.28. The first-order valence-electron chi connectivity index (χ1n) is 10.7. The molecule has 2 heterocycles. The summed E-state index contributed by atoms with van der Waals surface area (Å²) in [5, 5.41) is 0.